The lowest BCUT2D eigenvalue weighted by molar-refractivity contribution is -0.340. The molecule has 6 fully saturated rings. The van der Waals surface area contributed by atoms with Gasteiger partial charge in [0.15, 0.2) is 0 Å². The lowest BCUT2D eigenvalue weighted by Gasteiger charge is -2.72. The van der Waals surface area contributed by atoms with E-state index >= 15 is 9.90 Å². The average Bonchev–Trinajstić information content (AvgIpc) is 1.46. The van der Waals surface area contributed by atoms with Gasteiger partial charge in [-0.3, -0.25) is 4.79 Å². The molecule has 3 N–H and O–H groups in total. The number of rotatable bonds is 15. The number of hydrogen-bond acceptors (Lipinski definition) is 7. The molecular weight excluding hydrogens is 1100 g/mol. The SMILES string of the molecule is CC(CCCc1ccccc1)CCC(O)C12C(O)CCC(C)(C3CCC45CCC6CC7(c8ccccc8)CCCCC7c7ccc8cccc(c8c7C64)C5C3)C1C1CC(C)(C#CCC3(CCCC(Cc4ccccc4)C3)C(=O)O1)C2(O)CCC1=CC(=O)OC1. The van der Waals surface area contributed by atoms with Crippen molar-refractivity contribution in [3.8, 4) is 11.8 Å². The molecule has 18 unspecified atom stereocenters. The first-order chi connectivity index (χ1) is 43.1. The Balaban J connectivity index is 0.854. The minimum atomic E-state index is -1.78. The topological polar surface area (TPSA) is 113 Å². The largest absolute Gasteiger partial charge is 0.462 e. The minimum absolute atomic E-state index is 0.0893. The summed E-state index contributed by atoms with van der Waals surface area (Å²) in [5.41, 5.74) is 4.04. The summed E-state index contributed by atoms with van der Waals surface area (Å²) in [6.45, 7) is 6.99. The molecule has 6 saturated carbocycles. The van der Waals surface area contributed by atoms with Gasteiger partial charge in [-0.1, -0.05) is 173 Å². The standard InChI is InChI=1S/C82H98O7/c1-54(19-15-24-55-20-7-4-8-21-55)31-34-68(83)82-69(84)38-43-77(3,74(82)67-52-76(2,81(82,87)46-35-58-48-70(85)88-53-58)39-18-41-78(75(86)89-67)40-17-25-57(50-78)47-56-22-9-5-10-23-56)62-37-45-79-44-36-60-51-80(61-27-11-6-12-28-61)42-14-13-30-65(80)64-33-32-59-26-16-29-63(66(79)49-62)71(59)72(64)73(60)79/h4-12,16,20-23,26-29,32-33,48,54,57,60,62,65-69,73-74,83-84,87H,13-15,17,19,24-25,30-31,34-38,40-47,49-53H2,1-3H3. The summed E-state index contributed by atoms with van der Waals surface area (Å²) >= 11 is 0. The van der Waals surface area contributed by atoms with E-state index in [1.54, 1.807) is 22.8 Å². The van der Waals surface area contributed by atoms with Gasteiger partial charge in [-0.05, 0) is 231 Å². The predicted molar refractivity (Wildman–Crippen MR) is 352 cm³/mol. The molecule has 89 heavy (non-hydrogen) atoms. The van der Waals surface area contributed by atoms with Crippen LogP contribution in [0.1, 0.15) is 226 Å². The Morgan fingerprint density at radius 1 is 0.708 bits per heavy atom. The molecular formula is C82H98O7. The summed E-state index contributed by atoms with van der Waals surface area (Å²) < 4.78 is 13.1. The van der Waals surface area contributed by atoms with E-state index in [1.807, 2.05) is 0 Å². The van der Waals surface area contributed by atoms with Crippen LogP contribution in [0.15, 0.2) is 133 Å². The van der Waals surface area contributed by atoms with E-state index in [0.29, 0.717) is 81.5 Å². The van der Waals surface area contributed by atoms with E-state index in [0.717, 1.165) is 63.4 Å². The number of cyclic esters (lactones) is 1. The zero-order valence-corrected chi connectivity index (χ0v) is 53.5. The zero-order chi connectivity index (χ0) is 61.0. The third-order valence-corrected chi connectivity index (χ3v) is 27.6. The zero-order valence-electron chi connectivity index (χ0n) is 53.5. The van der Waals surface area contributed by atoms with Crippen LogP contribution >= 0.6 is 0 Å². The van der Waals surface area contributed by atoms with Crippen molar-refractivity contribution in [2.45, 2.75) is 235 Å². The summed E-state index contributed by atoms with van der Waals surface area (Å²) in [7, 11) is 0. The van der Waals surface area contributed by atoms with Crippen molar-refractivity contribution in [1.29, 1.82) is 0 Å². The van der Waals surface area contributed by atoms with Crippen molar-refractivity contribution in [3.05, 3.63) is 166 Å². The second-order valence-corrected chi connectivity index (χ2v) is 31.8. The summed E-state index contributed by atoms with van der Waals surface area (Å²) in [5.74, 6) is 8.85. The molecule has 0 radical (unpaired) electrons. The molecule has 0 saturated heterocycles. The number of ether oxygens (including phenoxy) is 2. The monoisotopic (exact) mass is 1190 g/mol. The van der Waals surface area contributed by atoms with Gasteiger partial charge < -0.3 is 24.8 Å². The quantitative estimate of drug-likeness (QED) is 0.0707. The normalized spacial score (nSPS) is 39.0. The summed E-state index contributed by atoms with van der Waals surface area (Å²) in [6.07, 6.45) is 20.9. The highest BCUT2D eigenvalue weighted by Gasteiger charge is 2.78. The minimum Gasteiger partial charge on any atom is -0.462 e. The van der Waals surface area contributed by atoms with Crippen LogP contribution in [0.3, 0.4) is 0 Å². The highest BCUT2D eigenvalue weighted by Crippen LogP contribution is 2.78. The number of carbonyl (C=O) groups is 2. The van der Waals surface area contributed by atoms with Crippen LogP contribution in [0.2, 0.25) is 0 Å². The van der Waals surface area contributed by atoms with E-state index in [4.69, 9.17) is 9.47 Å². The fourth-order valence-electron chi connectivity index (χ4n) is 23.6. The Hall–Kier alpha value is -5.52. The number of hydrogen-bond donors (Lipinski definition) is 3. The smallest absolute Gasteiger partial charge is 0.331 e. The van der Waals surface area contributed by atoms with E-state index in [9.17, 15) is 15.0 Å². The Bertz CT molecular complexity index is 3570. The van der Waals surface area contributed by atoms with Gasteiger partial charge in [-0.25, -0.2) is 4.79 Å². The van der Waals surface area contributed by atoms with Crippen molar-refractivity contribution in [2.75, 3.05) is 6.61 Å². The van der Waals surface area contributed by atoms with Crippen LogP contribution in [0.4, 0.5) is 0 Å². The Morgan fingerprint density at radius 3 is 2.27 bits per heavy atom. The van der Waals surface area contributed by atoms with Crippen LogP contribution in [0.25, 0.3) is 10.8 Å². The molecule has 10 aliphatic rings. The van der Waals surface area contributed by atoms with Crippen LogP contribution < -0.4 is 0 Å². The average molecular weight is 1200 g/mol. The molecule has 2 bridgehead atoms. The maximum Gasteiger partial charge on any atom is 0.331 e. The van der Waals surface area contributed by atoms with Gasteiger partial charge in [0.25, 0.3) is 0 Å². The van der Waals surface area contributed by atoms with Gasteiger partial charge >= 0.3 is 11.9 Å². The molecule has 0 aromatic heterocycles. The van der Waals surface area contributed by atoms with Crippen molar-refractivity contribution in [2.24, 2.45) is 56.7 Å². The number of aryl methyl sites for hydroxylation is 1. The summed E-state index contributed by atoms with van der Waals surface area (Å²) in [6, 6.07) is 45.4. The third kappa shape index (κ3) is 9.47. The predicted octanol–water partition coefficient (Wildman–Crippen LogP) is 16.9. The van der Waals surface area contributed by atoms with Gasteiger partial charge in [0.05, 0.1) is 34.1 Å². The maximum absolute atomic E-state index is 16.1. The molecule has 15 rings (SSSR count). The van der Waals surface area contributed by atoms with Crippen LogP contribution in [-0.2, 0) is 37.3 Å². The van der Waals surface area contributed by atoms with Gasteiger partial charge in [-0.15, -0.1) is 5.92 Å². The number of fused-ring (bicyclic) bond motifs is 7. The first-order valence-electron chi connectivity index (χ1n) is 35.5. The first-order valence-corrected chi connectivity index (χ1v) is 35.5. The van der Waals surface area contributed by atoms with Gasteiger partial charge in [-0.2, -0.15) is 0 Å². The van der Waals surface area contributed by atoms with Gasteiger partial charge in [0.1, 0.15) is 12.7 Å². The number of aliphatic hydroxyl groups is 3. The van der Waals surface area contributed by atoms with Crippen molar-refractivity contribution in [3.63, 3.8) is 0 Å². The van der Waals surface area contributed by atoms with E-state index in [1.165, 1.54) is 72.4 Å². The lowest BCUT2D eigenvalue weighted by Crippen LogP contribution is -2.79. The molecule has 2 aliphatic heterocycles. The second kappa shape index (κ2) is 22.9. The first kappa shape index (κ1) is 59.8. The summed E-state index contributed by atoms with van der Waals surface area (Å²) in [5, 5.41) is 46.0. The van der Waals surface area contributed by atoms with E-state index in [-0.39, 0.29) is 53.6 Å². The second-order valence-electron chi connectivity index (χ2n) is 31.8. The third-order valence-electron chi connectivity index (χ3n) is 27.6. The summed E-state index contributed by atoms with van der Waals surface area (Å²) in [4.78, 5) is 29.0. The number of benzene rings is 5. The highest BCUT2D eigenvalue weighted by atomic mass is 16.5. The van der Waals surface area contributed by atoms with E-state index < -0.39 is 51.5 Å². The van der Waals surface area contributed by atoms with E-state index in [2.05, 4.69) is 154 Å². The molecule has 2 heterocycles. The maximum atomic E-state index is 16.1. The van der Waals surface area contributed by atoms with Crippen LogP contribution in [-0.4, -0.2) is 57.8 Å². The number of esters is 2. The molecule has 5 aromatic rings. The molecule has 7 nitrogen and oxygen atoms in total. The highest BCUT2D eigenvalue weighted by molar-refractivity contribution is 5.93. The number of carbonyl (C=O) groups excluding carboxylic acids is 2. The fraction of sp³-hybridized carbons (Fsp3) is 0.585. The van der Waals surface area contributed by atoms with Crippen molar-refractivity contribution < 1.29 is 34.4 Å². The Kier molecular flexibility index (Phi) is 15.4. The fourth-order valence-corrected chi connectivity index (χ4v) is 23.6. The molecule has 8 aliphatic carbocycles. The number of aliphatic hydroxyl groups excluding tert-OH is 2. The van der Waals surface area contributed by atoms with Crippen molar-refractivity contribution >= 4 is 22.7 Å². The molecule has 468 valence electrons. The molecule has 5 aromatic carbocycles. The molecule has 0 amide bonds. The molecule has 7 heteroatoms. The van der Waals surface area contributed by atoms with Crippen molar-refractivity contribution in [1.82, 2.24) is 0 Å². The van der Waals surface area contributed by atoms with Crippen LogP contribution in [0, 0.1) is 68.5 Å². The molecule has 18 atom stereocenters. The van der Waals surface area contributed by atoms with Gasteiger partial charge in [0, 0.05) is 30.3 Å². The Morgan fingerprint density at radius 2 is 1.48 bits per heavy atom. The Labute approximate surface area is 530 Å². The van der Waals surface area contributed by atoms with Crippen LogP contribution in [0.5, 0.6) is 0 Å². The van der Waals surface area contributed by atoms with Gasteiger partial charge in [0.2, 0.25) is 0 Å². The molecule has 2 spiro atoms. The lowest BCUT2D eigenvalue weighted by atomic mass is 9.34.